The van der Waals surface area contributed by atoms with Crippen molar-refractivity contribution in [1.29, 1.82) is 0 Å². The van der Waals surface area contributed by atoms with E-state index in [9.17, 15) is 0 Å². The minimum atomic E-state index is 0.780. The van der Waals surface area contributed by atoms with Crippen LogP contribution in [0.2, 0.25) is 0 Å². The number of anilines is 2. The number of aromatic amines is 1. The third kappa shape index (κ3) is 2.05. The Morgan fingerprint density at radius 1 is 1.33 bits per heavy atom. The number of nitrogens with one attached hydrogen (secondary N) is 2. The number of aryl methyl sites for hydroxylation is 1. The van der Waals surface area contributed by atoms with Crippen LogP contribution in [-0.4, -0.2) is 29.2 Å². The van der Waals surface area contributed by atoms with Crippen LogP contribution in [0, 0.1) is 6.92 Å². The van der Waals surface area contributed by atoms with Crippen LogP contribution in [0.1, 0.15) is 5.69 Å². The molecule has 2 N–H and O–H groups in total. The summed E-state index contributed by atoms with van der Waals surface area (Å²) in [6, 6.07) is 3.88. The van der Waals surface area contributed by atoms with Gasteiger partial charge in [-0.2, -0.15) is 19.1 Å². The van der Waals surface area contributed by atoms with E-state index in [4.69, 9.17) is 0 Å². The molecule has 4 heterocycles. The molecule has 0 amide bonds. The summed E-state index contributed by atoms with van der Waals surface area (Å²) in [5, 5.41) is 15.5. The first-order chi connectivity index (χ1) is 10.3. The van der Waals surface area contributed by atoms with E-state index >= 15 is 0 Å². The minimum absolute atomic E-state index is 0.780. The molecule has 4 aromatic heterocycles. The largest absolute Gasteiger partial charge is 0.331 e. The van der Waals surface area contributed by atoms with Crippen LogP contribution in [0.25, 0.3) is 16.8 Å². The van der Waals surface area contributed by atoms with E-state index in [1.54, 1.807) is 23.1 Å². The fraction of sp³-hybridized carbons (Fsp3) is 0.0769. The van der Waals surface area contributed by atoms with Crippen molar-refractivity contribution >= 4 is 28.0 Å². The zero-order valence-corrected chi connectivity index (χ0v) is 11.9. The molecule has 0 bridgehead atoms. The number of nitrogens with zero attached hydrogens (tertiary/aromatic N) is 5. The van der Waals surface area contributed by atoms with Gasteiger partial charge in [-0.15, -0.1) is 0 Å². The molecule has 0 aliphatic carbocycles. The van der Waals surface area contributed by atoms with Crippen LogP contribution < -0.4 is 5.32 Å². The maximum atomic E-state index is 4.41. The second kappa shape index (κ2) is 4.67. The van der Waals surface area contributed by atoms with Gasteiger partial charge in [-0.05, 0) is 30.6 Å². The molecule has 8 heteroatoms. The lowest BCUT2D eigenvalue weighted by Gasteiger charge is -2.05. The summed E-state index contributed by atoms with van der Waals surface area (Å²) in [5.41, 5.74) is 3.67. The Morgan fingerprint density at radius 2 is 2.29 bits per heavy atom. The maximum Gasteiger partial charge on any atom is 0.165 e. The first-order valence-electron chi connectivity index (χ1n) is 6.33. The molecule has 0 aliphatic rings. The van der Waals surface area contributed by atoms with E-state index in [0.717, 1.165) is 33.3 Å². The van der Waals surface area contributed by atoms with Gasteiger partial charge in [0.2, 0.25) is 0 Å². The second-order valence-corrected chi connectivity index (χ2v) is 5.37. The Labute approximate surface area is 123 Å². The van der Waals surface area contributed by atoms with Crippen molar-refractivity contribution in [1.82, 2.24) is 29.2 Å². The van der Waals surface area contributed by atoms with Crippen LogP contribution in [0.4, 0.5) is 10.8 Å². The van der Waals surface area contributed by atoms with Gasteiger partial charge in [0.1, 0.15) is 10.8 Å². The normalized spacial score (nSPS) is 11.1. The highest BCUT2D eigenvalue weighted by molar-refractivity contribution is 7.10. The van der Waals surface area contributed by atoms with Crippen LogP contribution >= 0.6 is 11.5 Å². The highest BCUT2D eigenvalue weighted by Crippen LogP contribution is 2.26. The van der Waals surface area contributed by atoms with E-state index in [1.807, 2.05) is 25.3 Å². The summed E-state index contributed by atoms with van der Waals surface area (Å²) in [7, 11) is 0. The first kappa shape index (κ1) is 12.0. The highest BCUT2D eigenvalue weighted by atomic mass is 32.1. The van der Waals surface area contributed by atoms with E-state index < -0.39 is 0 Å². The fourth-order valence-corrected chi connectivity index (χ4v) is 2.81. The topological polar surface area (TPSA) is 83.8 Å². The van der Waals surface area contributed by atoms with Gasteiger partial charge < -0.3 is 5.32 Å². The number of aromatic nitrogens is 6. The smallest absolute Gasteiger partial charge is 0.165 e. The van der Waals surface area contributed by atoms with Crippen molar-refractivity contribution in [3.05, 3.63) is 42.6 Å². The molecule has 0 saturated heterocycles. The number of hydrogen-bond donors (Lipinski definition) is 2. The van der Waals surface area contributed by atoms with Crippen LogP contribution in [0.3, 0.4) is 0 Å². The lowest BCUT2D eigenvalue weighted by molar-refractivity contribution is 0.948. The fourth-order valence-electron chi connectivity index (χ4n) is 2.14. The lowest BCUT2D eigenvalue weighted by Crippen LogP contribution is -1.99. The third-order valence-electron chi connectivity index (χ3n) is 3.09. The molecule has 4 aromatic rings. The van der Waals surface area contributed by atoms with Crippen molar-refractivity contribution in [3.63, 3.8) is 0 Å². The average Bonchev–Trinajstić information content (AvgIpc) is 3.18. The Balaban J connectivity index is 1.80. The van der Waals surface area contributed by atoms with Gasteiger partial charge in [0.25, 0.3) is 0 Å². The molecule has 0 unspecified atom stereocenters. The van der Waals surface area contributed by atoms with Gasteiger partial charge in [-0.1, -0.05) is 0 Å². The third-order valence-corrected chi connectivity index (χ3v) is 3.89. The quantitative estimate of drug-likeness (QED) is 0.607. The summed E-state index contributed by atoms with van der Waals surface area (Å²) in [4.78, 5) is 4.41. The molecule has 7 nitrogen and oxygen atoms in total. The van der Waals surface area contributed by atoms with Gasteiger partial charge in [-0.25, -0.2) is 4.98 Å². The molecule has 0 atom stereocenters. The van der Waals surface area contributed by atoms with Crippen LogP contribution in [0.15, 0.2) is 36.9 Å². The lowest BCUT2D eigenvalue weighted by atomic mass is 10.2. The highest BCUT2D eigenvalue weighted by Gasteiger charge is 2.11. The molecule has 0 aliphatic heterocycles. The van der Waals surface area contributed by atoms with Crippen LogP contribution in [-0.2, 0) is 0 Å². The van der Waals surface area contributed by atoms with Crippen molar-refractivity contribution in [2.24, 2.45) is 0 Å². The summed E-state index contributed by atoms with van der Waals surface area (Å²) < 4.78 is 6.04. The van der Waals surface area contributed by atoms with Crippen molar-refractivity contribution in [2.75, 3.05) is 5.32 Å². The summed E-state index contributed by atoms with van der Waals surface area (Å²) in [6.07, 6.45) is 7.13. The van der Waals surface area contributed by atoms with Gasteiger partial charge in [0.05, 0.1) is 18.1 Å². The van der Waals surface area contributed by atoms with Gasteiger partial charge in [0.15, 0.2) is 5.65 Å². The second-order valence-electron chi connectivity index (χ2n) is 4.57. The Kier molecular flexibility index (Phi) is 2.68. The molecular formula is C13H11N7S. The van der Waals surface area contributed by atoms with E-state index in [1.165, 1.54) is 11.5 Å². The number of H-pyrrole nitrogens is 1. The van der Waals surface area contributed by atoms with Crippen molar-refractivity contribution in [3.8, 4) is 11.1 Å². The van der Waals surface area contributed by atoms with Gasteiger partial charge in [-0.3, -0.25) is 5.10 Å². The molecule has 0 radical (unpaired) electrons. The monoisotopic (exact) mass is 297 g/mol. The van der Waals surface area contributed by atoms with E-state index in [-0.39, 0.29) is 0 Å². The molecule has 0 saturated carbocycles. The van der Waals surface area contributed by atoms with Gasteiger partial charge >= 0.3 is 0 Å². The van der Waals surface area contributed by atoms with E-state index in [2.05, 4.69) is 30.0 Å². The molecule has 21 heavy (non-hydrogen) atoms. The summed E-state index contributed by atoms with van der Waals surface area (Å²) in [6.45, 7) is 1.97. The van der Waals surface area contributed by atoms with Gasteiger partial charge in [0, 0.05) is 23.5 Å². The molecule has 0 aromatic carbocycles. The number of fused-ring (bicyclic) bond motifs is 1. The average molecular weight is 297 g/mol. The predicted molar refractivity (Wildman–Crippen MR) is 80.7 cm³/mol. The SMILES string of the molecule is Cc1cc(Nc2ccnc3c(-c4cn[nH]c4)cnn23)sn1. The first-order valence-corrected chi connectivity index (χ1v) is 7.11. The predicted octanol–water partition coefficient (Wildman–Crippen LogP) is 2.63. The van der Waals surface area contributed by atoms with Crippen molar-refractivity contribution in [2.45, 2.75) is 6.92 Å². The Bertz CT molecular complexity index is 890. The number of hydrogen-bond acceptors (Lipinski definition) is 6. The zero-order chi connectivity index (χ0) is 14.2. The maximum absolute atomic E-state index is 4.41. The molecule has 104 valence electrons. The minimum Gasteiger partial charge on any atom is -0.331 e. The standard InChI is InChI=1S/C13H11N7S/c1-8-4-12(21-19-8)18-11-2-3-14-13-10(7-17-20(11)13)9-5-15-16-6-9/h2-7,18H,1H3,(H,15,16). The summed E-state index contributed by atoms with van der Waals surface area (Å²) >= 11 is 1.42. The number of rotatable bonds is 3. The van der Waals surface area contributed by atoms with Crippen LogP contribution in [0.5, 0.6) is 0 Å². The van der Waals surface area contributed by atoms with Crippen molar-refractivity contribution < 1.29 is 0 Å². The molecule has 4 rings (SSSR count). The molecular weight excluding hydrogens is 286 g/mol. The molecule has 0 fully saturated rings. The Hall–Kier alpha value is -2.74. The zero-order valence-electron chi connectivity index (χ0n) is 11.1. The Morgan fingerprint density at radius 3 is 3.05 bits per heavy atom. The van der Waals surface area contributed by atoms with E-state index in [0.29, 0.717) is 0 Å². The summed E-state index contributed by atoms with van der Waals surface area (Å²) in [5.74, 6) is 0.846. The molecule has 0 spiro atoms.